The molecule has 2 bridgehead atoms. The number of amides is 2. The number of carbonyl (C=O) groups is 3. The SMILES string of the molecule is O=C(Cc1ccccc1)OCCN1C(=O)[C@@H]2[C@@H](C1=O)[C@H]1C=C[C@H]2C1. The Morgan fingerprint density at radius 2 is 1.67 bits per heavy atom. The fraction of sp³-hybridized carbons (Fsp3) is 0.421. The first-order chi connectivity index (χ1) is 11.6. The zero-order chi connectivity index (χ0) is 16.7. The van der Waals surface area contributed by atoms with Gasteiger partial charge in [-0.3, -0.25) is 19.3 Å². The first-order valence-corrected chi connectivity index (χ1v) is 8.38. The first kappa shape index (κ1) is 15.1. The van der Waals surface area contributed by atoms with Gasteiger partial charge in [-0.05, 0) is 23.8 Å². The van der Waals surface area contributed by atoms with Crippen molar-refractivity contribution in [2.75, 3.05) is 13.2 Å². The lowest BCUT2D eigenvalue weighted by atomic mass is 9.85. The average molecular weight is 325 g/mol. The van der Waals surface area contributed by atoms with Crippen LogP contribution in [0.1, 0.15) is 12.0 Å². The van der Waals surface area contributed by atoms with Gasteiger partial charge in [0.05, 0.1) is 24.8 Å². The lowest BCUT2D eigenvalue weighted by Gasteiger charge is -2.17. The summed E-state index contributed by atoms with van der Waals surface area (Å²) in [4.78, 5) is 38.1. The van der Waals surface area contributed by atoms with Crippen molar-refractivity contribution in [3.8, 4) is 0 Å². The van der Waals surface area contributed by atoms with Gasteiger partial charge in [-0.15, -0.1) is 0 Å². The van der Waals surface area contributed by atoms with E-state index in [0.29, 0.717) is 0 Å². The molecule has 1 saturated carbocycles. The van der Waals surface area contributed by atoms with Gasteiger partial charge >= 0.3 is 5.97 Å². The number of allylic oxidation sites excluding steroid dienone is 2. The van der Waals surface area contributed by atoms with Crippen LogP contribution in [0.5, 0.6) is 0 Å². The number of carbonyl (C=O) groups excluding carboxylic acids is 3. The Morgan fingerprint density at radius 3 is 2.29 bits per heavy atom. The van der Waals surface area contributed by atoms with Crippen LogP contribution in [0.2, 0.25) is 0 Å². The number of ether oxygens (including phenoxy) is 1. The fourth-order valence-electron chi connectivity index (χ4n) is 4.25. The molecule has 1 aromatic carbocycles. The molecule has 0 N–H and O–H groups in total. The second-order valence-electron chi connectivity index (χ2n) is 6.71. The first-order valence-electron chi connectivity index (χ1n) is 8.38. The second kappa shape index (κ2) is 5.89. The van der Waals surface area contributed by atoms with Crippen LogP contribution in [0.25, 0.3) is 0 Å². The molecular weight excluding hydrogens is 306 g/mol. The van der Waals surface area contributed by atoms with Crippen molar-refractivity contribution in [2.45, 2.75) is 12.8 Å². The summed E-state index contributed by atoms with van der Waals surface area (Å²) in [7, 11) is 0. The summed E-state index contributed by atoms with van der Waals surface area (Å²) in [6.45, 7) is 0.218. The van der Waals surface area contributed by atoms with Crippen molar-refractivity contribution in [1.82, 2.24) is 4.90 Å². The maximum atomic E-state index is 12.5. The highest BCUT2D eigenvalue weighted by atomic mass is 16.5. The summed E-state index contributed by atoms with van der Waals surface area (Å²) in [6.07, 6.45) is 5.26. The Balaban J connectivity index is 1.30. The molecule has 24 heavy (non-hydrogen) atoms. The number of imide groups is 1. The van der Waals surface area contributed by atoms with Gasteiger partial charge in [-0.1, -0.05) is 42.5 Å². The van der Waals surface area contributed by atoms with Crippen molar-refractivity contribution in [1.29, 1.82) is 0 Å². The predicted octanol–water partition coefficient (Wildman–Crippen LogP) is 1.58. The molecule has 1 heterocycles. The van der Waals surface area contributed by atoms with E-state index in [0.717, 1.165) is 12.0 Å². The van der Waals surface area contributed by atoms with Crippen LogP contribution in [-0.2, 0) is 25.5 Å². The Bertz CT molecular complexity index is 681. The smallest absolute Gasteiger partial charge is 0.310 e. The van der Waals surface area contributed by atoms with Gasteiger partial charge in [0.25, 0.3) is 0 Å². The lowest BCUT2D eigenvalue weighted by Crippen LogP contribution is -2.36. The Labute approximate surface area is 140 Å². The van der Waals surface area contributed by atoms with Crippen molar-refractivity contribution >= 4 is 17.8 Å². The van der Waals surface area contributed by atoms with Gasteiger partial charge in [0, 0.05) is 0 Å². The van der Waals surface area contributed by atoms with E-state index in [1.54, 1.807) is 0 Å². The zero-order valence-electron chi connectivity index (χ0n) is 13.3. The summed E-state index contributed by atoms with van der Waals surface area (Å²) in [5, 5.41) is 0. The van der Waals surface area contributed by atoms with Crippen molar-refractivity contribution in [3.63, 3.8) is 0 Å². The van der Waals surface area contributed by atoms with E-state index in [1.165, 1.54) is 4.90 Å². The topological polar surface area (TPSA) is 63.7 Å². The molecule has 0 radical (unpaired) electrons. The molecule has 2 fully saturated rings. The van der Waals surface area contributed by atoms with Crippen LogP contribution in [0, 0.1) is 23.7 Å². The third-order valence-corrected chi connectivity index (χ3v) is 5.33. The molecule has 1 aliphatic heterocycles. The number of nitrogens with zero attached hydrogens (tertiary/aromatic N) is 1. The number of fused-ring (bicyclic) bond motifs is 5. The molecule has 3 aliphatic rings. The van der Waals surface area contributed by atoms with E-state index in [4.69, 9.17) is 4.74 Å². The Hall–Kier alpha value is -2.43. The summed E-state index contributed by atoms with van der Waals surface area (Å²) < 4.78 is 5.20. The molecular formula is C19H19NO4. The largest absolute Gasteiger partial charge is 0.464 e. The predicted molar refractivity (Wildman–Crippen MR) is 85.5 cm³/mol. The minimum Gasteiger partial charge on any atom is -0.464 e. The Morgan fingerprint density at radius 1 is 1.04 bits per heavy atom. The number of benzene rings is 1. The number of rotatable bonds is 5. The fourth-order valence-corrected chi connectivity index (χ4v) is 4.25. The van der Waals surface area contributed by atoms with Crippen LogP contribution in [0.15, 0.2) is 42.5 Å². The highest BCUT2D eigenvalue weighted by molar-refractivity contribution is 6.06. The van der Waals surface area contributed by atoms with Crippen molar-refractivity contribution in [3.05, 3.63) is 48.0 Å². The number of hydrogen-bond donors (Lipinski definition) is 0. The Kier molecular flexibility index (Phi) is 3.71. The minimum atomic E-state index is -0.345. The van der Waals surface area contributed by atoms with Crippen LogP contribution >= 0.6 is 0 Å². The van der Waals surface area contributed by atoms with Gasteiger partial charge in [-0.2, -0.15) is 0 Å². The van der Waals surface area contributed by atoms with E-state index >= 15 is 0 Å². The van der Waals surface area contributed by atoms with Gasteiger partial charge in [0.1, 0.15) is 6.61 Å². The van der Waals surface area contributed by atoms with Crippen molar-refractivity contribution < 1.29 is 19.1 Å². The second-order valence-corrected chi connectivity index (χ2v) is 6.71. The van der Waals surface area contributed by atoms with Gasteiger partial charge < -0.3 is 4.74 Å². The maximum Gasteiger partial charge on any atom is 0.310 e. The van der Waals surface area contributed by atoms with Crippen LogP contribution in [0.3, 0.4) is 0 Å². The highest BCUT2D eigenvalue weighted by Crippen LogP contribution is 2.52. The quantitative estimate of drug-likeness (QED) is 0.468. The standard InChI is InChI=1S/C19H19NO4/c21-15(10-12-4-2-1-3-5-12)24-9-8-20-18(22)16-13-6-7-14(11-13)17(16)19(20)23/h1-7,13-14,16-17H,8-11H2/t13-,14-,16-,17-/m0/s1. The molecule has 0 unspecified atom stereocenters. The monoisotopic (exact) mass is 325 g/mol. The lowest BCUT2D eigenvalue weighted by molar-refractivity contribution is -0.148. The zero-order valence-corrected chi connectivity index (χ0v) is 13.3. The average Bonchev–Trinajstić information content (AvgIpc) is 3.25. The summed E-state index contributed by atoms with van der Waals surface area (Å²) in [5.41, 5.74) is 0.882. The minimum absolute atomic E-state index is 0.0609. The van der Waals surface area contributed by atoms with Gasteiger partial charge in [0.15, 0.2) is 0 Å². The van der Waals surface area contributed by atoms with E-state index in [-0.39, 0.29) is 61.0 Å². The molecule has 1 aromatic rings. The van der Waals surface area contributed by atoms with Gasteiger partial charge in [0.2, 0.25) is 11.8 Å². The van der Waals surface area contributed by atoms with E-state index in [9.17, 15) is 14.4 Å². The molecule has 2 aliphatic carbocycles. The van der Waals surface area contributed by atoms with E-state index < -0.39 is 0 Å². The number of likely N-dealkylation sites (tertiary alicyclic amines) is 1. The molecule has 124 valence electrons. The van der Waals surface area contributed by atoms with E-state index in [2.05, 4.69) is 12.2 Å². The van der Waals surface area contributed by atoms with Crippen LogP contribution in [-0.4, -0.2) is 35.8 Å². The molecule has 5 heteroatoms. The normalized spacial score (nSPS) is 30.1. The molecule has 0 aromatic heterocycles. The molecule has 1 saturated heterocycles. The van der Waals surface area contributed by atoms with E-state index in [1.807, 2.05) is 30.3 Å². The molecule has 0 spiro atoms. The molecule has 5 nitrogen and oxygen atoms in total. The maximum absolute atomic E-state index is 12.5. The molecule has 4 rings (SSSR count). The van der Waals surface area contributed by atoms with Crippen LogP contribution < -0.4 is 0 Å². The molecule has 4 atom stereocenters. The summed E-state index contributed by atoms with van der Waals surface area (Å²) >= 11 is 0. The van der Waals surface area contributed by atoms with Crippen LogP contribution in [0.4, 0.5) is 0 Å². The summed E-state index contributed by atoms with van der Waals surface area (Å²) in [6, 6.07) is 9.34. The third kappa shape index (κ3) is 2.44. The van der Waals surface area contributed by atoms with Gasteiger partial charge in [-0.25, -0.2) is 0 Å². The molecule has 2 amide bonds. The highest BCUT2D eigenvalue weighted by Gasteiger charge is 2.59. The third-order valence-electron chi connectivity index (χ3n) is 5.33. The number of esters is 1. The number of hydrogen-bond acceptors (Lipinski definition) is 4. The van der Waals surface area contributed by atoms with Crippen molar-refractivity contribution in [2.24, 2.45) is 23.7 Å². The summed E-state index contributed by atoms with van der Waals surface area (Å²) in [5.74, 6) is -0.492.